The van der Waals surface area contributed by atoms with Crippen LogP contribution in [0.25, 0.3) is 0 Å². The van der Waals surface area contributed by atoms with E-state index >= 15 is 0 Å². The predicted molar refractivity (Wildman–Crippen MR) is 77.1 cm³/mol. The van der Waals surface area contributed by atoms with Gasteiger partial charge in [-0.05, 0) is 66.0 Å². The summed E-state index contributed by atoms with van der Waals surface area (Å²) in [6, 6.07) is 5.23. The first-order valence-corrected chi connectivity index (χ1v) is 7.28. The van der Waals surface area contributed by atoms with Gasteiger partial charge in [0.05, 0.1) is 5.56 Å². The summed E-state index contributed by atoms with van der Waals surface area (Å²) in [7, 11) is 0. The van der Waals surface area contributed by atoms with E-state index in [1.165, 1.54) is 12.8 Å². The maximum atomic E-state index is 12.0. The Balaban J connectivity index is 1.92. The average molecular weight is 332 g/mol. The van der Waals surface area contributed by atoms with E-state index in [-0.39, 0.29) is 5.91 Å². The molecule has 0 aromatic heterocycles. The molecule has 1 saturated heterocycles. The molecule has 1 aromatic carbocycles. The van der Waals surface area contributed by atoms with E-state index in [2.05, 4.69) is 26.6 Å². The molecular weight excluding hydrogens is 316 g/mol. The van der Waals surface area contributed by atoms with Crippen LogP contribution in [0.2, 0.25) is 5.02 Å². The number of amides is 1. The Morgan fingerprint density at radius 2 is 2.39 bits per heavy atom. The smallest absolute Gasteiger partial charge is 0.252 e. The quantitative estimate of drug-likeness (QED) is 0.894. The largest absolute Gasteiger partial charge is 0.352 e. The van der Waals surface area contributed by atoms with Gasteiger partial charge in [-0.2, -0.15) is 0 Å². The summed E-state index contributed by atoms with van der Waals surface area (Å²) in [6.45, 7) is 2.78. The second-order valence-corrected chi connectivity index (χ2v) is 5.84. The van der Waals surface area contributed by atoms with Gasteiger partial charge in [0, 0.05) is 16.0 Å². The second kappa shape index (κ2) is 6.55. The first kappa shape index (κ1) is 13.8. The first-order valence-electron chi connectivity index (χ1n) is 6.11. The van der Waals surface area contributed by atoms with E-state index in [1.54, 1.807) is 18.2 Å². The molecule has 0 bridgehead atoms. The minimum atomic E-state index is -0.0741. The van der Waals surface area contributed by atoms with Gasteiger partial charge in [-0.15, -0.1) is 0 Å². The molecule has 0 spiro atoms. The molecule has 1 aromatic rings. The lowest BCUT2D eigenvalue weighted by molar-refractivity contribution is 0.0944. The minimum absolute atomic E-state index is 0.0741. The molecule has 2 N–H and O–H groups in total. The van der Waals surface area contributed by atoms with Crippen molar-refractivity contribution in [1.82, 2.24) is 10.6 Å². The van der Waals surface area contributed by atoms with Gasteiger partial charge in [0.2, 0.25) is 0 Å². The van der Waals surface area contributed by atoms with Crippen LogP contribution in [0.15, 0.2) is 22.7 Å². The average Bonchev–Trinajstić information content (AvgIpc) is 2.40. The zero-order chi connectivity index (χ0) is 13.0. The van der Waals surface area contributed by atoms with Crippen LogP contribution < -0.4 is 10.6 Å². The molecule has 1 heterocycles. The van der Waals surface area contributed by atoms with Gasteiger partial charge in [-0.25, -0.2) is 0 Å². The first-order chi connectivity index (χ1) is 8.66. The van der Waals surface area contributed by atoms with Crippen LogP contribution in [0, 0.1) is 5.92 Å². The highest BCUT2D eigenvalue weighted by atomic mass is 79.9. The fourth-order valence-electron chi connectivity index (χ4n) is 2.10. The van der Waals surface area contributed by atoms with Gasteiger partial charge in [0.1, 0.15) is 0 Å². The monoisotopic (exact) mass is 330 g/mol. The lowest BCUT2D eigenvalue weighted by atomic mass is 10.00. The second-order valence-electron chi connectivity index (χ2n) is 4.55. The van der Waals surface area contributed by atoms with Crippen LogP contribution in [0.3, 0.4) is 0 Å². The van der Waals surface area contributed by atoms with Crippen molar-refractivity contribution in [3.63, 3.8) is 0 Å². The topological polar surface area (TPSA) is 41.1 Å². The zero-order valence-electron chi connectivity index (χ0n) is 10.0. The lowest BCUT2D eigenvalue weighted by Crippen LogP contribution is -2.38. The molecule has 1 atom stereocenters. The summed E-state index contributed by atoms with van der Waals surface area (Å²) in [5.41, 5.74) is 0.589. The third-order valence-corrected chi connectivity index (χ3v) is 4.05. The van der Waals surface area contributed by atoms with E-state index < -0.39 is 0 Å². The summed E-state index contributed by atoms with van der Waals surface area (Å²) in [5, 5.41) is 6.88. The van der Waals surface area contributed by atoms with Crippen LogP contribution >= 0.6 is 27.5 Å². The molecule has 0 radical (unpaired) electrons. The zero-order valence-corrected chi connectivity index (χ0v) is 12.4. The van der Waals surface area contributed by atoms with Crippen molar-refractivity contribution in [2.45, 2.75) is 12.8 Å². The predicted octanol–water partition coefficient (Wildman–Crippen LogP) is 2.83. The number of halogens is 2. The number of rotatable bonds is 3. The Morgan fingerprint density at radius 1 is 1.56 bits per heavy atom. The van der Waals surface area contributed by atoms with Crippen molar-refractivity contribution >= 4 is 33.4 Å². The summed E-state index contributed by atoms with van der Waals surface area (Å²) in [5.74, 6) is 0.454. The van der Waals surface area contributed by atoms with Crippen LogP contribution in [-0.4, -0.2) is 25.5 Å². The summed E-state index contributed by atoms with van der Waals surface area (Å²) < 4.78 is 0.770. The molecule has 0 unspecified atom stereocenters. The Kier molecular flexibility index (Phi) is 5.03. The molecule has 1 amide bonds. The number of piperidine rings is 1. The standard InChI is InChI=1S/C13H16BrClN2O/c14-12-4-3-10(15)6-11(12)13(18)17-8-9-2-1-5-16-7-9/h3-4,6,9,16H,1-2,5,7-8H2,(H,17,18)/t9-/m1/s1. The number of hydrogen-bond donors (Lipinski definition) is 2. The van der Waals surface area contributed by atoms with E-state index in [0.29, 0.717) is 23.0 Å². The molecule has 5 heteroatoms. The van der Waals surface area contributed by atoms with Gasteiger partial charge in [-0.1, -0.05) is 11.6 Å². The molecule has 0 aliphatic carbocycles. The Bertz CT molecular complexity index is 433. The molecule has 0 saturated carbocycles. The molecule has 1 aliphatic heterocycles. The highest BCUT2D eigenvalue weighted by molar-refractivity contribution is 9.10. The van der Waals surface area contributed by atoms with Crippen molar-refractivity contribution in [1.29, 1.82) is 0 Å². The van der Waals surface area contributed by atoms with Gasteiger partial charge in [-0.3, -0.25) is 4.79 Å². The fourth-order valence-corrected chi connectivity index (χ4v) is 2.70. The molecule has 2 rings (SSSR count). The van der Waals surface area contributed by atoms with Crippen LogP contribution in [0.4, 0.5) is 0 Å². The lowest BCUT2D eigenvalue weighted by Gasteiger charge is -2.23. The summed E-state index contributed by atoms with van der Waals surface area (Å²) in [6.07, 6.45) is 2.35. The van der Waals surface area contributed by atoms with Crippen LogP contribution in [0.5, 0.6) is 0 Å². The SMILES string of the molecule is O=C(NC[C@@H]1CCCNC1)c1cc(Cl)ccc1Br. The molecule has 18 heavy (non-hydrogen) atoms. The van der Waals surface area contributed by atoms with Gasteiger partial charge < -0.3 is 10.6 Å². The summed E-state index contributed by atoms with van der Waals surface area (Å²) >= 11 is 9.26. The van der Waals surface area contributed by atoms with E-state index in [1.807, 2.05) is 0 Å². The molecule has 98 valence electrons. The molecule has 1 aliphatic rings. The minimum Gasteiger partial charge on any atom is -0.352 e. The highest BCUT2D eigenvalue weighted by Crippen LogP contribution is 2.21. The fraction of sp³-hybridized carbons (Fsp3) is 0.462. The number of benzene rings is 1. The molecule has 1 fully saturated rings. The van der Waals surface area contributed by atoms with Gasteiger partial charge in [0.25, 0.3) is 5.91 Å². The van der Waals surface area contributed by atoms with E-state index in [9.17, 15) is 4.79 Å². The Labute approximate surface area is 120 Å². The number of carbonyl (C=O) groups excluding carboxylic acids is 1. The van der Waals surface area contributed by atoms with Crippen molar-refractivity contribution in [2.75, 3.05) is 19.6 Å². The number of carbonyl (C=O) groups is 1. The Morgan fingerprint density at radius 3 is 3.11 bits per heavy atom. The van der Waals surface area contributed by atoms with E-state index in [0.717, 1.165) is 17.6 Å². The number of nitrogens with one attached hydrogen (secondary N) is 2. The molecular formula is C13H16BrClN2O. The maximum absolute atomic E-state index is 12.0. The van der Waals surface area contributed by atoms with Crippen molar-refractivity contribution in [2.24, 2.45) is 5.92 Å². The third kappa shape index (κ3) is 3.70. The van der Waals surface area contributed by atoms with Crippen molar-refractivity contribution in [3.05, 3.63) is 33.3 Å². The maximum Gasteiger partial charge on any atom is 0.252 e. The third-order valence-electron chi connectivity index (χ3n) is 3.12. The van der Waals surface area contributed by atoms with Crippen molar-refractivity contribution < 1.29 is 4.79 Å². The Hall–Kier alpha value is -0.580. The normalized spacial score (nSPS) is 19.6. The highest BCUT2D eigenvalue weighted by Gasteiger charge is 2.15. The molecule has 3 nitrogen and oxygen atoms in total. The van der Waals surface area contributed by atoms with Gasteiger partial charge in [0.15, 0.2) is 0 Å². The number of hydrogen-bond acceptors (Lipinski definition) is 2. The van der Waals surface area contributed by atoms with Crippen molar-refractivity contribution in [3.8, 4) is 0 Å². The van der Waals surface area contributed by atoms with E-state index in [4.69, 9.17) is 11.6 Å². The van der Waals surface area contributed by atoms with Crippen LogP contribution in [0.1, 0.15) is 23.2 Å². The van der Waals surface area contributed by atoms with Gasteiger partial charge >= 0.3 is 0 Å². The summed E-state index contributed by atoms with van der Waals surface area (Å²) in [4.78, 5) is 12.0. The van der Waals surface area contributed by atoms with Crippen LogP contribution in [-0.2, 0) is 0 Å².